The Balaban J connectivity index is 1.87. The summed E-state index contributed by atoms with van der Waals surface area (Å²) in [6, 6.07) is 26.1. The Bertz CT molecular complexity index is 912. The Hall–Kier alpha value is -3.40. The van der Waals surface area contributed by atoms with Gasteiger partial charge in [-0.1, -0.05) is 72.8 Å². The summed E-state index contributed by atoms with van der Waals surface area (Å²) < 4.78 is 5.39. The smallest absolute Gasteiger partial charge is 0.242 e. The average molecular weight is 357 g/mol. The van der Waals surface area contributed by atoms with Gasteiger partial charge < -0.3 is 4.74 Å². The van der Waals surface area contributed by atoms with E-state index in [0.717, 1.165) is 11.1 Å². The van der Waals surface area contributed by atoms with Gasteiger partial charge in [0.15, 0.2) is 0 Å². The zero-order valence-corrected chi connectivity index (χ0v) is 14.9. The lowest BCUT2D eigenvalue weighted by molar-refractivity contribution is -0.121. The van der Waals surface area contributed by atoms with Crippen molar-refractivity contribution in [1.29, 1.82) is 0 Å². The number of imide groups is 1. The molecular weight excluding hydrogens is 338 g/mol. The van der Waals surface area contributed by atoms with Gasteiger partial charge in [0.05, 0.1) is 24.6 Å². The maximum Gasteiger partial charge on any atom is 0.242 e. The number of hydrogen-bond acceptors (Lipinski definition) is 3. The number of carbonyl (C=O) groups excluding carboxylic acids is 2. The number of anilines is 1. The molecule has 0 aromatic heterocycles. The molecule has 1 saturated heterocycles. The minimum absolute atomic E-state index is 0.232. The summed E-state index contributed by atoms with van der Waals surface area (Å²) in [5.74, 6) is -1.09. The van der Waals surface area contributed by atoms with E-state index in [1.165, 1.54) is 12.0 Å². The van der Waals surface area contributed by atoms with Crippen molar-refractivity contribution >= 4 is 17.5 Å². The van der Waals surface area contributed by atoms with Crippen molar-refractivity contribution < 1.29 is 14.3 Å². The lowest BCUT2D eigenvalue weighted by Gasteiger charge is -2.18. The van der Waals surface area contributed by atoms with E-state index in [1.807, 2.05) is 66.7 Å². The third-order valence-corrected chi connectivity index (χ3v) is 4.95. The normalized spacial score (nSPS) is 19.4. The van der Waals surface area contributed by atoms with Crippen LogP contribution in [0.3, 0.4) is 0 Å². The number of methoxy groups -OCH3 is 1. The van der Waals surface area contributed by atoms with Crippen LogP contribution in [0.5, 0.6) is 5.75 Å². The van der Waals surface area contributed by atoms with Gasteiger partial charge in [0.1, 0.15) is 5.75 Å². The molecule has 1 fully saturated rings. The summed E-state index contributed by atoms with van der Waals surface area (Å²) in [4.78, 5) is 28.1. The highest BCUT2D eigenvalue weighted by molar-refractivity contribution is 6.26. The first kappa shape index (κ1) is 17.0. The quantitative estimate of drug-likeness (QED) is 0.660. The first-order chi connectivity index (χ1) is 13.2. The molecule has 0 saturated carbocycles. The fraction of sp³-hybridized carbons (Fsp3) is 0.130. The Morgan fingerprint density at radius 2 is 1.11 bits per heavy atom. The van der Waals surface area contributed by atoms with Gasteiger partial charge in [-0.25, -0.2) is 4.90 Å². The number of rotatable bonds is 4. The van der Waals surface area contributed by atoms with Gasteiger partial charge in [-0.3, -0.25) is 9.59 Å². The van der Waals surface area contributed by atoms with Gasteiger partial charge in [-0.05, 0) is 23.3 Å². The zero-order valence-electron chi connectivity index (χ0n) is 14.9. The lowest BCUT2D eigenvalue weighted by Crippen LogP contribution is -2.31. The van der Waals surface area contributed by atoms with Crippen molar-refractivity contribution in [3.05, 3.63) is 96.1 Å². The van der Waals surface area contributed by atoms with Crippen LogP contribution in [0.15, 0.2) is 84.9 Å². The van der Waals surface area contributed by atoms with Crippen LogP contribution in [0.25, 0.3) is 0 Å². The first-order valence-electron chi connectivity index (χ1n) is 8.83. The van der Waals surface area contributed by atoms with Crippen LogP contribution in [-0.4, -0.2) is 18.9 Å². The Kier molecular flexibility index (Phi) is 4.47. The van der Waals surface area contributed by atoms with E-state index in [1.54, 1.807) is 18.2 Å². The van der Waals surface area contributed by atoms with E-state index in [2.05, 4.69) is 0 Å². The molecule has 1 aliphatic rings. The summed E-state index contributed by atoms with van der Waals surface area (Å²) in [5.41, 5.74) is 2.15. The summed E-state index contributed by atoms with van der Waals surface area (Å²) in [6.45, 7) is 0. The van der Waals surface area contributed by atoms with E-state index in [-0.39, 0.29) is 11.8 Å². The number of hydrogen-bond donors (Lipinski definition) is 0. The molecule has 3 aromatic carbocycles. The average Bonchev–Trinajstić information content (AvgIpc) is 2.99. The molecule has 134 valence electrons. The molecule has 4 rings (SSSR count). The maximum absolute atomic E-state index is 13.4. The van der Waals surface area contributed by atoms with Crippen LogP contribution < -0.4 is 9.64 Å². The molecule has 3 aromatic rings. The predicted octanol–water partition coefficient (Wildman–Crippen LogP) is 4.14. The first-order valence-corrected chi connectivity index (χ1v) is 8.83. The van der Waals surface area contributed by atoms with Crippen molar-refractivity contribution in [1.82, 2.24) is 0 Å². The summed E-state index contributed by atoms with van der Waals surface area (Å²) >= 11 is 0. The summed E-state index contributed by atoms with van der Waals surface area (Å²) in [7, 11) is 1.53. The monoisotopic (exact) mass is 357 g/mol. The van der Waals surface area contributed by atoms with Crippen molar-refractivity contribution in [3.8, 4) is 5.75 Å². The molecule has 2 amide bonds. The van der Waals surface area contributed by atoms with Crippen LogP contribution in [0.2, 0.25) is 0 Å². The minimum Gasteiger partial charge on any atom is -0.495 e. The molecule has 2 atom stereocenters. The molecule has 1 heterocycles. The van der Waals surface area contributed by atoms with Gasteiger partial charge in [-0.2, -0.15) is 0 Å². The molecule has 4 nitrogen and oxygen atoms in total. The number of amides is 2. The van der Waals surface area contributed by atoms with E-state index < -0.39 is 11.8 Å². The van der Waals surface area contributed by atoms with Crippen molar-refractivity contribution in [2.75, 3.05) is 12.0 Å². The van der Waals surface area contributed by atoms with Crippen LogP contribution in [0.1, 0.15) is 23.0 Å². The van der Waals surface area contributed by atoms with Crippen LogP contribution in [0, 0.1) is 0 Å². The van der Waals surface area contributed by atoms with E-state index >= 15 is 0 Å². The Morgan fingerprint density at radius 1 is 0.667 bits per heavy atom. The van der Waals surface area contributed by atoms with E-state index in [9.17, 15) is 9.59 Å². The van der Waals surface area contributed by atoms with Gasteiger partial charge in [0.2, 0.25) is 11.8 Å². The number of nitrogens with zero attached hydrogens (tertiary/aromatic N) is 1. The molecule has 0 N–H and O–H groups in total. The highest BCUT2D eigenvalue weighted by atomic mass is 16.5. The Morgan fingerprint density at radius 3 is 1.59 bits per heavy atom. The van der Waals surface area contributed by atoms with Crippen LogP contribution in [-0.2, 0) is 9.59 Å². The largest absolute Gasteiger partial charge is 0.495 e. The summed E-state index contributed by atoms with van der Waals surface area (Å²) in [5, 5.41) is 0. The van der Waals surface area contributed by atoms with Crippen molar-refractivity contribution in [2.45, 2.75) is 11.8 Å². The molecule has 0 unspecified atom stereocenters. The Labute approximate surface area is 158 Å². The number of ether oxygens (including phenoxy) is 1. The fourth-order valence-corrected chi connectivity index (χ4v) is 3.71. The molecule has 1 aliphatic heterocycles. The maximum atomic E-state index is 13.4. The van der Waals surface area contributed by atoms with Gasteiger partial charge in [0, 0.05) is 0 Å². The SMILES string of the molecule is COc1ccccc1N1C(=O)[C@@H](c2ccccc2)[C@H](c2ccccc2)C1=O. The molecule has 0 aliphatic carbocycles. The van der Waals surface area contributed by atoms with Gasteiger partial charge in [0.25, 0.3) is 0 Å². The van der Waals surface area contributed by atoms with Crippen molar-refractivity contribution in [2.24, 2.45) is 0 Å². The van der Waals surface area contributed by atoms with E-state index in [0.29, 0.717) is 11.4 Å². The van der Waals surface area contributed by atoms with Crippen LogP contribution >= 0.6 is 0 Å². The standard InChI is InChI=1S/C23H19NO3/c1-27-19-15-9-8-14-18(19)24-22(25)20(16-10-4-2-5-11-16)21(23(24)26)17-12-6-3-7-13-17/h2-15,20-21H,1H3/t20-,21-/m0/s1. The number of carbonyl (C=O) groups is 2. The predicted molar refractivity (Wildman–Crippen MR) is 104 cm³/mol. The second kappa shape index (κ2) is 7.08. The minimum atomic E-state index is -0.564. The number of benzene rings is 3. The third-order valence-electron chi connectivity index (χ3n) is 4.95. The fourth-order valence-electron chi connectivity index (χ4n) is 3.71. The topological polar surface area (TPSA) is 46.6 Å². The van der Waals surface area contributed by atoms with Gasteiger partial charge >= 0.3 is 0 Å². The molecule has 0 radical (unpaired) electrons. The second-order valence-electron chi connectivity index (χ2n) is 6.46. The third kappa shape index (κ3) is 2.89. The summed E-state index contributed by atoms with van der Waals surface area (Å²) in [6.07, 6.45) is 0. The van der Waals surface area contributed by atoms with Crippen LogP contribution in [0.4, 0.5) is 5.69 Å². The molecule has 4 heteroatoms. The second-order valence-corrected chi connectivity index (χ2v) is 6.46. The van der Waals surface area contributed by atoms with Gasteiger partial charge in [-0.15, -0.1) is 0 Å². The molecule has 0 bridgehead atoms. The zero-order chi connectivity index (χ0) is 18.8. The lowest BCUT2D eigenvalue weighted by atomic mass is 9.83. The molecular formula is C23H19NO3. The number of para-hydroxylation sites is 2. The van der Waals surface area contributed by atoms with E-state index in [4.69, 9.17) is 4.74 Å². The highest BCUT2D eigenvalue weighted by Gasteiger charge is 2.50. The molecule has 0 spiro atoms. The highest BCUT2D eigenvalue weighted by Crippen LogP contribution is 2.45. The molecule has 27 heavy (non-hydrogen) atoms. The van der Waals surface area contributed by atoms with Crippen molar-refractivity contribution in [3.63, 3.8) is 0 Å².